The number of rotatable bonds is 12. The molecule has 41 heavy (non-hydrogen) atoms. The topological polar surface area (TPSA) is 86.8 Å². The van der Waals surface area contributed by atoms with E-state index in [1.165, 1.54) is 17.0 Å². The van der Waals surface area contributed by atoms with Crippen molar-refractivity contribution in [2.45, 2.75) is 51.6 Å². The first-order chi connectivity index (χ1) is 19.4. The van der Waals surface area contributed by atoms with Gasteiger partial charge in [0.15, 0.2) is 0 Å². The molecule has 0 saturated carbocycles. The van der Waals surface area contributed by atoms with Gasteiger partial charge in [-0.25, -0.2) is 8.42 Å². The van der Waals surface area contributed by atoms with Gasteiger partial charge in [0.25, 0.3) is 10.0 Å². The zero-order valence-electron chi connectivity index (χ0n) is 23.4. The summed E-state index contributed by atoms with van der Waals surface area (Å²) in [6, 6.07) is 16.8. The Morgan fingerprint density at radius 2 is 1.46 bits per heavy atom. The molecule has 3 aromatic carbocycles. The smallest absolute Gasteiger partial charge is 0.264 e. The molecule has 0 radical (unpaired) electrons. The number of carbonyl (C=O) groups excluding carboxylic acids is 2. The summed E-state index contributed by atoms with van der Waals surface area (Å²) in [5.74, 6) is -0.767. The Hall–Kier alpha value is -2.78. The summed E-state index contributed by atoms with van der Waals surface area (Å²) < 4.78 is 29.0. The zero-order chi connectivity index (χ0) is 30.3. The number of nitrogens with one attached hydrogen (secondary N) is 1. The van der Waals surface area contributed by atoms with E-state index in [-0.39, 0.29) is 35.4 Å². The number of sulfonamides is 1. The molecule has 7 nitrogen and oxygen atoms in total. The van der Waals surface area contributed by atoms with E-state index in [9.17, 15) is 18.0 Å². The third kappa shape index (κ3) is 7.95. The first kappa shape index (κ1) is 32.7. The third-order valence-corrected chi connectivity index (χ3v) is 9.47. The van der Waals surface area contributed by atoms with Crippen LogP contribution in [0.5, 0.6) is 0 Å². The molecule has 3 aromatic rings. The number of hydrogen-bond donors (Lipinski definition) is 1. The second kappa shape index (κ2) is 14.4. The summed E-state index contributed by atoms with van der Waals surface area (Å²) in [6.45, 7) is 7.13. The van der Waals surface area contributed by atoms with Gasteiger partial charge in [-0.3, -0.25) is 13.9 Å². The van der Waals surface area contributed by atoms with Crippen molar-refractivity contribution in [2.75, 3.05) is 17.4 Å². The molecule has 0 aliphatic heterocycles. The number of hydrogen-bond acceptors (Lipinski definition) is 4. The van der Waals surface area contributed by atoms with Crippen LogP contribution in [-0.2, 0) is 26.2 Å². The van der Waals surface area contributed by atoms with Crippen molar-refractivity contribution in [2.24, 2.45) is 5.92 Å². The molecule has 0 spiro atoms. The molecular formula is C30H34Cl3N3O4S. The second-order valence-corrected chi connectivity index (χ2v) is 13.1. The fraction of sp³-hybridized carbons (Fsp3) is 0.333. The van der Waals surface area contributed by atoms with E-state index in [0.717, 1.165) is 4.31 Å². The summed E-state index contributed by atoms with van der Waals surface area (Å²) in [4.78, 5) is 28.9. The first-order valence-corrected chi connectivity index (χ1v) is 15.8. The minimum atomic E-state index is -4.21. The predicted octanol–water partition coefficient (Wildman–Crippen LogP) is 6.73. The van der Waals surface area contributed by atoms with Gasteiger partial charge in [-0.15, -0.1) is 0 Å². The number of nitrogens with zero attached hydrogens (tertiary/aromatic N) is 2. The minimum Gasteiger partial charge on any atom is -0.354 e. The SMILES string of the molecule is CCC(C(=O)NCC(C)C)N(Cc1c(Cl)cccc1Cl)C(=O)CN(c1cccc(Cl)c1C)S(=O)(=O)c1ccccc1. The Labute approximate surface area is 257 Å². The summed E-state index contributed by atoms with van der Waals surface area (Å²) >= 11 is 19.3. The van der Waals surface area contributed by atoms with Gasteiger partial charge >= 0.3 is 0 Å². The fourth-order valence-corrected chi connectivity index (χ4v) is 6.47. The fourth-order valence-electron chi connectivity index (χ4n) is 4.30. The molecule has 0 fully saturated rings. The quantitative estimate of drug-likeness (QED) is 0.238. The summed E-state index contributed by atoms with van der Waals surface area (Å²) in [5, 5.41) is 3.89. The van der Waals surface area contributed by atoms with Gasteiger partial charge in [-0.05, 0) is 61.2 Å². The van der Waals surface area contributed by atoms with E-state index in [0.29, 0.717) is 32.7 Å². The van der Waals surface area contributed by atoms with Gasteiger partial charge in [0.05, 0.1) is 10.6 Å². The molecule has 0 bridgehead atoms. The van der Waals surface area contributed by atoms with Crippen LogP contribution < -0.4 is 9.62 Å². The number of benzene rings is 3. The van der Waals surface area contributed by atoms with Crippen LogP contribution in [0, 0.1) is 12.8 Å². The molecule has 0 aliphatic rings. The Morgan fingerprint density at radius 1 is 0.878 bits per heavy atom. The van der Waals surface area contributed by atoms with Crippen LogP contribution in [0.15, 0.2) is 71.6 Å². The van der Waals surface area contributed by atoms with Crippen molar-refractivity contribution in [1.82, 2.24) is 10.2 Å². The number of halogens is 3. The Kier molecular flexibility index (Phi) is 11.5. The summed E-state index contributed by atoms with van der Waals surface area (Å²) in [7, 11) is -4.21. The van der Waals surface area contributed by atoms with Gasteiger partial charge in [0.1, 0.15) is 12.6 Å². The molecule has 1 atom stereocenters. The lowest BCUT2D eigenvalue weighted by atomic mass is 10.1. The molecule has 0 aliphatic carbocycles. The van der Waals surface area contributed by atoms with E-state index >= 15 is 0 Å². The molecule has 1 unspecified atom stereocenters. The number of amides is 2. The van der Waals surface area contributed by atoms with Crippen LogP contribution in [0.2, 0.25) is 15.1 Å². The van der Waals surface area contributed by atoms with Crippen LogP contribution in [0.4, 0.5) is 5.69 Å². The van der Waals surface area contributed by atoms with E-state index in [4.69, 9.17) is 34.8 Å². The molecule has 2 amide bonds. The molecular weight excluding hydrogens is 605 g/mol. The lowest BCUT2D eigenvalue weighted by Gasteiger charge is -2.34. The first-order valence-electron chi connectivity index (χ1n) is 13.2. The largest absolute Gasteiger partial charge is 0.354 e. The summed E-state index contributed by atoms with van der Waals surface area (Å²) in [6.07, 6.45) is 0.277. The molecule has 3 rings (SSSR count). The lowest BCUT2D eigenvalue weighted by Crippen LogP contribution is -2.52. The highest BCUT2D eigenvalue weighted by Gasteiger charge is 2.35. The van der Waals surface area contributed by atoms with Crippen LogP contribution in [0.25, 0.3) is 0 Å². The Balaban J connectivity index is 2.12. The highest BCUT2D eigenvalue weighted by Crippen LogP contribution is 2.32. The van der Waals surface area contributed by atoms with Gasteiger partial charge in [-0.1, -0.05) is 85.9 Å². The Bertz CT molecular complexity index is 1460. The highest BCUT2D eigenvalue weighted by atomic mass is 35.5. The maximum absolute atomic E-state index is 14.2. The van der Waals surface area contributed by atoms with Crippen molar-refractivity contribution in [3.05, 3.63) is 92.9 Å². The van der Waals surface area contributed by atoms with Crippen molar-refractivity contribution in [3.8, 4) is 0 Å². The van der Waals surface area contributed by atoms with Crippen molar-refractivity contribution in [3.63, 3.8) is 0 Å². The van der Waals surface area contributed by atoms with Gasteiger partial charge in [-0.2, -0.15) is 0 Å². The molecule has 0 saturated heterocycles. The Morgan fingerprint density at radius 3 is 2.05 bits per heavy atom. The second-order valence-electron chi connectivity index (χ2n) is 9.99. The predicted molar refractivity (Wildman–Crippen MR) is 166 cm³/mol. The van der Waals surface area contributed by atoms with Crippen LogP contribution in [0.3, 0.4) is 0 Å². The average molecular weight is 639 g/mol. The van der Waals surface area contributed by atoms with E-state index in [2.05, 4.69) is 5.32 Å². The van der Waals surface area contributed by atoms with Gasteiger partial charge < -0.3 is 10.2 Å². The maximum atomic E-state index is 14.2. The zero-order valence-corrected chi connectivity index (χ0v) is 26.5. The number of anilines is 1. The lowest BCUT2D eigenvalue weighted by molar-refractivity contribution is -0.140. The standard InChI is InChI=1S/C30H34Cl3N3O4S/c1-5-27(30(38)34-17-20(2)3)35(18-23-25(32)14-9-15-26(23)33)29(37)19-36(28-16-10-13-24(31)21(28)4)41(39,40)22-11-7-6-8-12-22/h6-16,20,27H,5,17-19H2,1-4H3,(H,34,38). The molecule has 0 aromatic heterocycles. The summed E-state index contributed by atoms with van der Waals surface area (Å²) in [5.41, 5.74) is 1.20. The van der Waals surface area contributed by atoms with Crippen molar-refractivity contribution in [1.29, 1.82) is 0 Å². The van der Waals surface area contributed by atoms with Crippen LogP contribution >= 0.6 is 34.8 Å². The van der Waals surface area contributed by atoms with Crippen molar-refractivity contribution >= 4 is 62.3 Å². The monoisotopic (exact) mass is 637 g/mol. The van der Waals surface area contributed by atoms with E-state index < -0.39 is 28.5 Å². The van der Waals surface area contributed by atoms with Crippen LogP contribution in [0.1, 0.15) is 38.3 Å². The normalized spacial score (nSPS) is 12.2. The molecule has 11 heteroatoms. The van der Waals surface area contributed by atoms with Gasteiger partial charge in [0.2, 0.25) is 11.8 Å². The van der Waals surface area contributed by atoms with Crippen molar-refractivity contribution < 1.29 is 18.0 Å². The highest BCUT2D eigenvalue weighted by molar-refractivity contribution is 7.92. The third-order valence-electron chi connectivity index (χ3n) is 6.58. The molecule has 1 N–H and O–H groups in total. The van der Waals surface area contributed by atoms with Crippen LogP contribution in [-0.4, -0.2) is 44.3 Å². The van der Waals surface area contributed by atoms with E-state index in [1.807, 2.05) is 13.8 Å². The van der Waals surface area contributed by atoms with E-state index in [1.54, 1.807) is 68.4 Å². The average Bonchev–Trinajstić information content (AvgIpc) is 2.94. The molecule has 220 valence electrons. The van der Waals surface area contributed by atoms with Gasteiger partial charge in [0, 0.05) is 33.7 Å². The molecule has 0 heterocycles. The maximum Gasteiger partial charge on any atom is 0.264 e. The minimum absolute atomic E-state index is 0.00888. The number of carbonyl (C=O) groups is 2.